The van der Waals surface area contributed by atoms with Crippen molar-refractivity contribution >= 4 is 20.1 Å². The highest BCUT2D eigenvalue weighted by molar-refractivity contribution is 6.76. The average molecular weight is 377 g/mol. The molecule has 0 aromatic carbocycles. The van der Waals surface area contributed by atoms with Gasteiger partial charge in [-0.25, -0.2) is 15.1 Å². The first-order chi connectivity index (χ1) is 11.4. The molecule has 0 aliphatic rings. The van der Waals surface area contributed by atoms with Crippen LogP contribution in [-0.2, 0) is 19.1 Å². The van der Waals surface area contributed by atoms with Crippen molar-refractivity contribution in [2.75, 3.05) is 20.3 Å². The Morgan fingerprint density at radius 3 is 2.28 bits per heavy atom. The van der Waals surface area contributed by atoms with Crippen molar-refractivity contribution < 1.29 is 23.9 Å². The highest BCUT2D eigenvalue weighted by Crippen LogP contribution is 2.09. The van der Waals surface area contributed by atoms with Gasteiger partial charge in [0.1, 0.15) is 11.6 Å². The van der Waals surface area contributed by atoms with Gasteiger partial charge in [-0.05, 0) is 46.1 Å². The zero-order valence-corrected chi connectivity index (χ0v) is 17.9. The van der Waals surface area contributed by atoms with E-state index in [1.54, 1.807) is 20.8 Å². The van der Waals surface area contributed by atoms with E-state index in [2.05, 4.69) is 30.4 Å². The molecule has 0 radical (unpaired) electrons. The lowest BCUT2D eigenvalue weighted by molar-refractivity contribution is -0.143. The van der Waals surface area contributed by atoms with Gasteiger partial charge in [0, 0.05) is 14.6 Å². The summed E-state index contributed by atoms with van der Waals surface area (Å²) < 4.78 is 9.91. The van der Waals surface area contributed by atoms with E-state index in [1.165, 1.54) is 7.11 Å². The molecule has 0 aliphatic heterocycles. The van der Waals surface area contributed by atoms with E-state index in [1.807, 2.05) is 0 Å². The van der Waals surface area contributed by atoms with Crippen LogP contribution >= 0.6 is 0 Å². The van der Waals surface area contributed by atoms with Crippen LogP contribution in [0, 0.1) is 0 Å². The third kappa shape index (κ3) is 14.9. The molecule has 0 spiro atoms. The van der Waals surface area contributed by atoms with Crippen molar-refractivity contribution in [3.63, 3.8) is 0 Å². The lowest BCUT2D eigenvalue weighted by Crippen LogP contribution is -2.44. The maximum atomic E-state index is 11.8. The predicted octanol–water partition coefficient (Wildman–Crippen LogP) is 3.08. The number of methoxy groups -OCH3 is 1. The molecule has 0 aromatic heterocycles. The van der Waals surface area contributed by atoms with Crippen LogP contribution in [0.25, 0.3) is 0 Å². The Kier molecular flexibility index (Phi) is 11.0. The first-order valence-electron chi connectivity index (χ1n) is 8.86. The number of hydrogen-bond donors (Lipinski definition) is 2. The second-order valence-electron chi connectivity index (χ2n) is 8.27. The molecule has 0 saturated carbocycles. The van der Waals surface area contributed by atoms with Crippen molar-refractivity contribution in [3.05, 3.63) is 0 Å². The van der Waals surface area contributed by atoms with Crippen LogP contribution in [0.15, 0.2) is 0 Å². The highest BCUT2D eigenvalue weighted by Gasteiger charge is 2.24. The summed E-state index contributed by atoms with van der Waals surface area (Å²) in [6.07, 6.45) is 1.45. The van der Waals surface area contributed by atoms with Gasteiger partial charge in [-0.2, -0.15) is 0 Å². The second kappa shape index (κ2) is 11.5. The fourth-order valence-corrected chi connectivity index (χ4v) is 2.60. The molecule has 0 bridgehead atoms. The first kappa shape index (κ1) is 23.9. The summed E-state index contributed by atoms with van der Waals surface area (Å²) in [5, 5.41) is 2.57. The monoisotopic (exact) mass is 376 g/mol. The molecule has 25 heavy (non-hydrogen) atoms. The maximum Gasteiger partial charge on any atom is 0.408 e. The molecule has 0 fully saturated rings. The van der Waals surface area contributed by atoms with Crippen molar-refractivity contribution in [2.45, 2.75) is 77.4 Å². The molecule has 8 heteroatoms. The number of hydrogen-bond acceptors (Lipinski definition) is 6. The number of rotatable bonds is 11. The zero-order chi connectivity index (χ0) is 19.5. The van der Waals surface area contributed by atoms with Crippen LogP contribution in [0.2, 0.25) is 25.7 Å². The van der Waals surface area contributed by atoms with Crippen molar-refractivity contribution in [1.29, 1.82) is 0 Å². The van der Waals surface area contributed by atoms with Gasteiger partial charge < -0.3 is 19.6 Å². The molecular weight excluding hydrogens is 340 g/mol. The van der Waals surface area contributed by atoms with Crippen LogP contribution in [0.1, 0.15) is 40.0 Å². The van der Waals surface area contributed by atoms with Gasteiger partial charge >= 0.3 is 12.1 Å². The summed E-state index contributed by atoms with van der Waals surface area (Å²) in [6, 6.07) is 0.414. The zero-order valence-electron chi connectivity index (χ0n) is 16.9. The fourth-order valence-electron chi connectivity index (χ4n) is 1.89. The van der Waals surface area contributed by atoms with E-state index in [9.17, 15) is 9.59 Å². The normalized spacial score (nSPS) is 13.2. The molecule has 0 aliphatic carbocycles. The van der Waals surface area contributed by atoms with Crippen molar-refractivity contribution in [3.8, 4) is 0 Å². The molecule has 2 N–H and O–H groups in total. The number of ether oxygens (including phenoxy) is 2. The van der Waals surface area contributed by atoms with Gasteiger partial charge in [-0.15, -0.1) is 0 Å². The molecule has 0 heterocycles. The van der Waals surface area contributed by atoms with E-state index in [0.29, 0.717) is 13.0 Å². The third-order valence-electron chi connectivity index (χ3n) is 3.25. The summed E-state index contributed by atoms with van der Waals surface area (Å²) in [4.78, 5) is 29.0. The van der Waals surface area contributed by atoms with Gasteiger partial charge in [0.2, 0.25) is 0 Å². The van der Waals surface area contributed by atoms with E-state index in [-0.39, 0.29) is 0 Å². The quantitative estimate of drug-likeness (QED) is 0.249. The summed E-state index contributed by atoms with van der Waals surface area (Å²) in [5.41, 5.74) is 2.33. The molecule has 1 amide bonds. The minimum atomic E-state index is -1.07. The second-order valence-corrected chi connectivity index (χ2v) is 13.9. The summed E-state index contributed by atoms with van der Waals surface area (Å²) in [6.45, 7) is 13.7. The summed E-state index contributed by atoms with van der Waals surface area (Å²) >= 11 is 0. The SMILES string of the molecule is COC(=O)[C@H](CCCCNOCC[Si](C)(C)C)NC(=O)OC(C)(C)C. The molecule has 7 nitrogen and oxygen atoms in total. The largest absolute Gasteiger partial charge is 0.467 e. The smallest absolute Gasteiger partial charge is 0.408 e. The predicted molar refractivity (Wildman–Crippen MR) is 101 cm³/mol. The van der Waals surface area contributed by atoms with Crippen LogP contribution in [0.4, 0.5) is 4.79 Å². The molecule has 0 rings (SSSR count). The molecular formula is C17H36N2O5Si. The molecule has 1 atom stereocenters. The third-order valence-corrected chi connectivity index (χ3v) is 4.96. The number of hydroxylamine groups is 1. The van der Waals surface area contributed by atoms with Crippen molar-refractivity contribution in [1.82, 2.24) is 10.8 Å². The number of nitrogens with one attached hydrogen (secondary N) is 2. The maximum absolute atomic E-state index is 11.8. The first-order valence-corrected chi connectivity index (χ1v) is 12.6. The lowest BCUT2D eigenvalue weighted by atomic mass is 10.1. The molecule has 0 aromatic rings. The van der Waals surface area contributed by atoms with E-state index in [4.69, 9.17) is 14.3 Å². The minimum Gasteiger partial charge on any atom is -0.467 e. The number of carbonyl (C=O) groups excluding carboxylic acids is 2. The fraction of sp³-hybridized carbons (Fsp3) is 0.882. The van der Waals surface area contributed by atoms with Gasteiger partial charge in [-0.1, -0.05) is 19.6 Å². The Morgan fingerprint density at radius 2 is 1.76 bits per heavy atom. The van der Waals surface area contributed by atoms with Crippen molar-refractivity contribution in [2.24, 2.45) is 0 Å². The van der Waals surface area contributed by atoms with E-state index >= 15 is 0 Å². The van der Waals surface area contributed by atoms with Crippen LogP contribution in [-0.4, -0.2) is 52.0 Å². The van der Waals surface area contributed by atoms with E-state index in [0.717, 1.165) is 25.5 Å². The van der Waals surface area contributed by atoms with Crippen LogP contribution in [0.5, 0.6) is 0 Å². The topological polar surface area (TPSA) is 85.9 Å². The standard InChI is InChI=1S/C17H36N2O5Si/c1-17(2,3)24-16(21)19-14(15(20)22-4)10-8-9-11-18-23-12-13-25(5,6)7/h14,18H,8-13H2,1-7H3,(H,19,21)/t14-/m0/s1. The number of esters is 1. The average Bonchev–Trinajstić information content (AvgIpc) is 2.44. The van der Waals surface area contributed by atoms with E-state index < -0.39 is 31.8 Å². The Morgan fingerprint density at radius 1 is 1.12 bits per heavy atom. The van der Waals surface area contributed by atoms with Gasteiger partial charge in [0.25, 0.3) is 0 Å². The van der Waals surface area contributed by atoms with Crippen LogP contribution < -0.4 is 10.8 Å². The number of amides is 1. The minimum absolute atomic E-state index is 0.467. The Balaban J connectivity index is 4.01. The number of carbonyl (C=O) groups is 2. The highest BCUT2D eigenvalue weighted by atomic mass is 28.3. The Hall–Kier alpha value is -1.12. The molecule has 0 unspecified atom stereocenters. The van der Waals surface area contributed by atoms with Gasteiger partial charge in [0.05, 0.1) is 13.7 Å². The Labute approximate surface area is 153 Å². The number of alkyl carbamates (subject to hydrolysis) is 1. The van der Waals surface area contributed by atoms with Gasteiger partial charge in [-0.3, -0.25) is 0 Å². The van der Waals surface area contributed by atoms with Gasteiger partial charge in [0.15, 0.2) is 0 Å². The summed E-state index contributed by atoms with van der Waals surface area (Å²) in [5.74, 6) is -0.467. The molecule has 0 saturated heterocycles. The summed E-state index contributed by atoms with van der Waals surface area (Å²) in [7, 11) is 0.240. The van der Waals surface area contributed by atoms with Crippen LogP contribution in [0.3, 0.4) is 0 Å². The Bertz CT molecular complexity index is 405. The number of unbranched alkanes of at least 4 members (excludes halogenated alkanes) is 1. The molecule has 148 valence electrons. The lowest BCUT2D eigenvalue weighted by Gasteiger charge is -2.22.